The molecule has 2 aromatic heterocycles. The lowest BCUT2D eigenvalue weighted by molar-refractivity contribution is 0.635. The van der Waals surface area contributed by atoms with Crippen LogP contribution in [0.15, 0.2) is 53.1 Å². The van der Waals surface area contributed by atoms with Gasteiger partial charge in [0.2, 0.25) is 0 Å². The van der Waals surface area contributed by atoms with Crippen LogP contribution < -0.4 is 0 Å². The minimum atomic E-state index is -0.225. The molecule has 0 amide bonds. The summed E-state index contributed by atoms with van der Waals surface area (Å²) in [4.78, 5) is 5.10. The average molecular weight is 434 g/mol. The van der Waals surface area contributed by atoms with Gasteiger partial charge in [0.25, 0.3) is 0 Å². The molecular weight excluding hydrogens is 402 g/mol. The van der Waals surface area contributed by atoms with Crippen LogP contribution in [0.3, 0.4) is 0 Å². The molecule has 1 aliphatic carbocycles. The zero-order valence-electron chi connectivity index (χ0n) is 20.6. The first-order valence-electron chi connectivity index (χ1n) is 12.1. The summed E-state index contributed by atoms with van der Waals surface area (Å²) >= 11 is 0. The summed E-state index contributed by atoms with van der Waals surface area (Å²) in [6.45, 7) is 15.9. The van der Waals surface area contributed by atoms with E-state index in [1.807, 2.05) is 6.20 Å². The number of hydrogen-bond donors (Lipinski definition) is 0. The molecule has 2 heterocycles. The first kappa shape index (κ1) is 20.5. The molecule has 0 bridgehead atoms. The predicted molar refractivity (Wildman–Crippen MR) is 139 cm³/mol. The number of aryl methyl sites for hydroxylation is 1. The second-order valence-corrected chi connectivity index (χ2v) is 10.9. The van der Waals surface area contributed by atoms with Gasteiger partial charge in [0.15, 0.2) is 0 Å². The minimum Gasteiger partial charge on any atom is -0.455 e. The molecule has 2 heteroatoms. The van der Waals surface area contributed by atoms with E-state index in [0.29, 0.717) is 11.8 Å². The lowest BCUT2D eigenvalue weighted by Gasteiger charge is -2.29. The summed E-state index contributed by atoms with van der Waals surface area (Å²) in [5.41, 5.74) is 10.6. The molecule has 0 unspecified atom stereocenters. The van der Waals surface area contributed by atoms with Crippen LogP contribution in [0.4, 0.5) is 0 Å². The molecule has 166 valence electrons. The zero-order chi connectivity index (χ0) is 23.2. The molecule has 2 nitrogen and oxygen atoms in total. The van der Waals surface area contributed by atoms with Crippen molar-refractivity contribution in [1.29, 1.82) is 0 Å². The largest absolute Gasteiger partial charge is 0.455 e. The summed E-state index contributed by atoms with van der Waals surface area (Å²) in [5, 5.41) is 5.01. The normalized spacial score (nSPS) is 14.7. The molecule has 5 aromatic rings. The molecule has 3 aromatic carbocycles. The van der Waals surface area contributed by atoms with Crippen molar-refractivity contribution >= 4 is 32.7 Å². The van der Waals surface area contributed by atoms with Gasteiger partial charge in [0.1, 0.15) is 11.2 Å². The maximum atomic E-state index is 6.78. The maximum Gasteiger partial charge on any atom is 0.139 e. The SMILES string of the molecule is Cc1ccc2cnc3c(c2c1)C(C)(C)c1ccc(C(C)C)c2oc4c(C(C)C)ccc-3c4c12. The number of hydrogen-bond acceptors (Lipinski definition) is 2. The Morgan fingerprint density at radius 2 is 1.48 bits per heavy atom. The third-order valence-corrected chi connectivity index (χ3v) is 7.68. The lowest BCUT2D eigenvalue weighted by atomic mass is 9.74. The van der Waals surface area contributed by atoms with Gasteiger partial charge in [-0.2, -0.15) is 0 Å². The minimum absolute atomic E-state index is 0.225. The van der Waals surface area contributed by atoms with Gasteiger partial charge in [0.05, 0.1) is 5.69 Å². The van der Waals surface area contributed by atoms with E-state index in [2.05, 4.69) is 90.9 Å². The molecule has 0 N–H and O–H groups in total. The van der Waals surface area contributed by atoms with Crippen molar-refractivity contribution < 1.29 is 4.42 Å². The predicted octanol–water partition coefficient (Wildman–Crippen LogP) is 9.00. The van der Waals surface area contributed by atoms with Crippen LogP contribution >= 0.6 is 0 Å². The summed E-state index contributed by atoms with van der Waals surface area (Å²) in [7, 11) is 0. The van der Waals surface area contributed by atoms with Crippen molar-refractivity contribution in [2.75, 3.05) is 0 Å². The second kappa shape index (κ2) is 6.70. The van der Waals surface area contributed by atoms with Crippen molar-refractivity contribution in [3.63, 3.8) is 0 Å². The van der Waals surface area contributed by atoms with E-state index in [1.54, 1.807) is 0 Å². The average Bonchev–Trinajstić information content (AvgIpc) is 3.13. The quantitative estimate of drug-likeness (QED) is 0.277. The van der Waals surface area contributed by atoms with E-state index in [9.17, 15) is 0 Å². The number of nitrogens with zero attached hydrogens (tertiary/aromatic N) is 1. The third kappa shape index (κ3) is 2.64. The van der Waals surface area contributed by atoms with Gasteiger partial charge in [-0.1, -0.05) is 89.6 Å². The fourth-order valence-corrected chi connectivity index (χ4v) is 5.94. The summed E-state index contributed by atoms with van der Waals surface area (Å²) < 4.78 is 6.78. The zero-order valence-corrected chi connectivity index (χ0v) is 20.6. The molecule has 33 heavy (non-hydrogen) atoms. The number of furan rings is 1. The van der Waals surface area contributed by atoms with Crippen LogP contribution in [0.5, 0.6) is 0 Å². The molecule has 0 saturated heterocycles. The van der Waals surface area contributed by atoms with E-state index in [1.165, 1.54) is 54.9 Å². The van der Waals surface area contributed by atoms with Gasteiger partial charge in [0, 0.05) is 33.3 Å². The molecule has 0 radical (unpaired) electrons. The molecule has 0 aliphatic heterocycles. The summed E-state index contributed by atoms with van der Waals surface area (Å²) in [6.07, 6.45) is 2.04. The summed E-state index contributed by atoms with van der Waals surface area (Å²) in [5.74, 6) is 0.773. The first-order chi connectivity index (χ1) is 15.7. The molecule has 1 aliphatic rings. The molecular formula is C31H31NO. The standard InChI is InChI=1S/C31H31NO/c1-16(2)20-10-11-22-25-26-24(13-12-21(17(3)4)30(26)33-29(20)25)31(6,7)27-23-14-18(5)8-9-19(23)15-32-28(22)27/h8-17H,1-7H3. The van der Waals surface area contributed by atoms with E-state index in [-0.39, 0.29) is 5.41 Å². The highest BCUT2D eigenvalue weighted by Gasteiger charge is 2.37. The Labute approximate surface area is 195 Å². The van der Waals surface area contributed by atoms with Gasteiger partial charge in [-0.3, -0.25) is 4.98 Å². The summed E-state index contributed by atoms with van der Waals surface area (Å²) in [6, 6.07) is 15.9. The van der Waals surface area contributed by atoms with Crippen LogP contribution in [0, 0.1) is 6.92 Å². The molecule has 0 saturated carbocycles. The molecule has 0 spiro atoms. The Morgan fingerprint density at radius 3 is 2.18 bits per heavy atom. The lowest BCUT2D eigenvalue weighted by Crippen LogP contribution is -2.21. The smallest absolute Gasteiger partial charge is 0.139 e. The highest BCUT2D eigenvalue weighted by Crippen LogP contribution is 2.53. The number of fused-ring (bicyclic) bond motifs is 4. The van der Waals surface area contributed by atoms with Gasteiger partial charge in [-0.05, 0) is 46.4 Å². The fraction of sp³-hybridized carbons (Fsp3) is 0.323. The maximum absolute atomic E-state index is 6.78. The van der Waals surface area contributed by atoms with Crippen LogP contribution in [0.25, 0.3) is 44.0 Å². The number of pyridine rings is 1. The molecule has 0 fully saturated rings. The Hall–Kier alpha value is -3.13. The van der Waals surface area contributed by atoms with Gasteiger partial charge in [-0.15, -0.1) is 0 Å². The number of benzene rings is 3. The first-order valence-corrected chi connectivity index (χ1v) is 12.1. The monoisotopic (exact) mass is 433 g/mol. The fourth-order valence-electron chi connectivity index (χ4n) is 5.94. The van der Waals surface area contributed by atoms with Crippen molar-refractivity contribution in [3.05, 3.63) is 76.5 Å². The van der Waals surface area contributed by atoms with Crippen molar-refractivity contribution in [1.82, 2.24) is 4.98 Å². The highest BCUT2D eigenvalue weighted by molar-refractivity contribution is 6.17. The van der Waals surface area contributed by atoms with Crippen molar-refractivity contribution in [3.8, 4) is 11.3 Å². The van der Waals surface area contributed by atoms with Crippen molar-refractivity contribution in [2.24, 2.45) is 0 Å². The second-order valence-electron chi connectivity index (χ2n) is 10.9. The van der Waals surface area contributed by atoms with Crippen LogP contribution in [-0.4, -0.2) is 4.98 Å². The van der Waals surface area contributed by atoms with Gasteiger partial charge < -0.3 is 4.42 Å². The highest BCUT2D eigenvalue weighted by atomic mass is 16.3. The topological polar surface area (TPSA) is 26.0 Å². The van der Waals surface area contributed by atoms with Crippen LogP contribution in [-0.2, 0) is 5.41 Å². The van der Waals surface area contributed by atoms with Crippen LogP contribution in [0.2, 0.25) is 0 Å². The Bertz CT molecular complexity index is 1600. The van der Waals surface area contributed by atoms with Gasteiger partial charge >= 0.3 is 0 Å². The van der Waals surface area contributed by atoms with Crippen LogP contribution in [0.1, 0.15) is 81.2 Å². The molecule has 6 rings (SSSR count). The number of aromatic nitrogens is 1. The Morgan fingerprint density at radius 1 is 0.818 bits per heavy atom. The van der Waals surface area contributed by atoms with E-state index in [4.69, 9.17) is 9.40 Å². The van der Waals surface area contributed by atoms with E-state index >= 15 is 0 Å². The number of rotatable bonds is 2. The van der Waals surface area contributed by atoms with Crippen molar-refractivity contribution in [2.45, 2.75) is 65.7 Å². The van der Waals surface area contributed by atoms with E-state index < -0.39 is 0 Å². The Balaban J connectivity index is 1.91. The van der Waals surface area contributed by atoms with Gasteiger partial charge in [-0.25, -0.2) is 0 Å². The van der Waals surface area contributed by atoms with E-state index in [0.717, 1.165) is 16.9 Å². The Kier molecular flexibility index (Phi) is 4.15. The molecule has 0 atom stereocenters. The third-order valence-electron chi connectivity index (χ3n) is 7.68.